The zero-order chi connectivity index (χ0) is 14.1. The van der Waals surface area contributed by atoms with E-state index in [0.717, 1.165) is 12.1 Å². The monoisotopic (exact) mass is 263 g/mol. The van der Waals surface area contributed by atoms with E-state index >= 15 is 0 Å². The van der Waals surface area contributed by atoms with Crippen LogP contribution in [0.25, 0.3) is 0 Å². The summed E-state index contributed by atoms with van der Waals surface area (Å²) in [5.41, 5.74) is 0.938. The molecule has 0 atom stereocenters. The number of hydrogen-bond donors (Lipinski definition) is 2. The van der Waals surface area contributed by atoms with Crippen LogP contribution in [-0.2, 0) is 16.0 Å². The normalized spacial score (nSPS) is 10.3. The van der Waals surface area contributed by atoms with E-state index in [1.54, 1.807) is 0 Å². The molecule has 0 aliphatic heterocycles. The van der Waals surface area contributed by atoms with Gasteiger partial charge in [-0.15, -0.1) is 0 Å². The van der Waals surface area contributed by atoms with Gasteiger partial charge in [0.05, 0.1) is 13.0 Å². The first kappa shape index (κ1) is 15.2. The van der Waals surface area contributed by atoms with E-state index in [1.807, 2.05) is 49.3 Å². The fraction of sp³-hybridized carbons (Fsp3) is 0.429. The molecule has 0 unspecified atom stereocenters. The summed E-state index contributed by atoms with van der Waals surface area (Å²) in [6.45, 7) is 1.39. The largest absolute Gasteiger partial charge is 0.353 e. The van der Waals surface area contributed by atoms with Gasteiger partial charge in [-0.25, -0.2) is 0 Å². The number of nitrogens with zero attached hydrogens (tertiary/aromatic N) is 1. The van der Waals surface area contributed by atoms with Crippen LogP contribution in [0.1, 0.15) is 5.56 Å². The van der Waals surface area contributed by atoms with Crippen LogP contribution in [-0.4, -0.2) is 50.4 Å². The molecule has 0 bridgehead atoms. The first-order valence-corrected chi connectivity index (χ1v) is 6.30. The summed E-state index contributed by atoms with van der Waals surface area (Å²) in [6, 6.07) is 9.44. The molecule has 2 amide bonds. The predicted octanol–water partition coefficient (Wildman–Crippen LogP) is 0.0231. The van der Waals surface area contributed by atoms with E-state index in [-0.39, 0.29) is 18.4 Å². The van der Waals surface area contributed by atoms with Crippen LogP contribution in [0, 0.1) is 0 Å². The maximum absolute atomic E-state index is 11.6. The Morgan fingerprint density at radius 3 is 2.37 bits per heavy atom. The first-order valence-electron chi connectivity index (χ1n) is 6.30. The molecule has 0 heterocycles. The molecule has 0 aliphatic carbocycles. The van der Waals surface area contributed by atoms with Gasteiger partial charge in [0.2, 0.25) is 11.8 Å². The predicted molar refractivity (Wildman–Crippen MR) is 74.7 cm³/mol. The smallest absolute Gasteiger partial charge is 0.239 e. The molecule has 0 radical (unpaired) electrons. The van der Waals surface area contributed by atoms with Crippen molar-refractivity contribution >= 4 is 11.8 Å². The molecule has 1 aromatic carbocycles. The number of hydrogen-bond acceptors (Lipinski definition) is 3. The third kappa shape index (κ3) is 7.21. The minimum absolute atomic E-state index is 0.0269. The molecule has 0 saturated heterocycles. The number of nitrogens with one attached hydrogen (secondary N) is 2. The fourth-order valence-electron chi connectivity index (χ4n) is 1.50. The summed E-state index contributed by atoms with van der Waals surface area (Å²) in [5, 5.41) is 5.34. The molecule has 2 N–H and O–H groups in total. The SMILES string of the molecule is CN(C)CCNC(=O)CNC(=O)Cc1ccccc1. The van der Waals surface area contributed by atoms with Gasteiger partial charge in [0, 0.05) is 13.1 Å². The van der Waals surface area contributed by atoms with Crippen LogP contribution in [0.5, 0.6) is 0 Å². The second kappa shape index (κ2) is 8.26. The van der Waals surface area contributed by atoms with Crippen molar-refractivity contribution in [2.45, 2.75) is 6.42 Å². The van der Waals surface area contributed by atoms with E-state index in [1.165, 1.54) is 0 Å². The van der Waals surface area contributed by atoms with Crippen LogP contribution < -0.4 is 10.6 Å². The minimum atomic E-state index is -0.164. The van der Waals surface area contributed by atoms with E-state index in [0.29, 0.717) is 13.0 Å². The number of benzene rings is 1. The van der Waals surface area contributed by atoms with Gasteiger partial charge in [0.25, 0.3) is 0 Å². The van der Waals surface area contributed by atoms with Crippen molar-refractivity contribution in [3.8, 4) is 0 Å². The van der Waals surface area contributed by atoms with Gasteiger partial charge in [0.15, 0.2) is 0 Å². The summed E-state index contributed by atoms with van der Waals surface area (Å²) < 4.78 is 0. The molecule has 5 nitrogen and oxygen atoms in total. The molecule has 19 heavy (non-hydrogen) atoms. The third-order valence-electron chi connectivity index (χ3n) is 2.53. The molecule has 0 aliphatic rings. The van der Waals surface area contributed by atoms with E-state index in [2.05, 4.69) is 10.6 Å². The highest BCUT2D eigenvalue weighted by Gasteiger charge is 2.05. The highest BCUT2D eigenvalue weighted by Crippen LogP contribution is 1.98. The Labute approximate surface area is 114 Å². The van der Waals surface area contributed by atoms with Crippen molar-refractivity contribution < 1.29 is 9.59 Å². The maximum Gasteiger partial charge on any atom is 0.239 e. The van der Waals surface area contributed by atoms with Crippen molar-refractivity contribution in [2.75, 3.05) is 33.7 Å². The van der Waals surface area contributed by atoms with Crippen LogP contribution >= 0.6 is 0 Å². The Bertz CT molecular complexity index is 404. The van der Waals surface area contributed by atoms with Gasteiger partial charge in [-0.3, -0.25) is 9.59 Å². The Morgan fingerprint density at radius 2 is 1.74 bits per heavy atom. The standard InChI is InChI=1S/C14H21N3O2/c1-17(2)9-8-15-14(19)11-16-13(18)10-12-6-4-3-5-7-12/h3-7H,8-11H2,1-2H3,(H,15,19)(H,16,18). The van der Waals surface area contributed by atoms with Crippen molar-refractivity contribution in [3.05, 3.63) is 35.9 Å². The number of carbonyl (C=O) groups excluding carboxylic acids is 2. The summed E-state index contributed by atoms with van der Waals surface area (Å²) in [4.78, 5) is 25.0. The van der Waals surface area contributed by atoms with E-state index < -0.39 is 0 Å². The average molecular weight is 263 g/mol. The molecule has 104 valence electrons. The molecule has 0 saturated carbocycles. The molecular formula is C14H21N3O2. The lowest BCUT2D eigenvalue weighted by atomic mass is 10.1. The van der Waals surface area contributed by atoms with Gasteiger partial charge >= 0.3 is 0 Å². The highest BCUT2D eigenvalue weighted by atomic mass is 16.2. The lowest BCUT2D eigenvalue weighted by Crippen LogP contribution is -2.39. The maximum atomic E-state index is 11.6. The summed E-state index contributed by atoms with van der Waals surface area (Å²) in [5.74, 6) is -0.308. The van der Waals surface area contributed by atoms with Gasteiger partial charge in [0.1, 0.15) is 0 Å². The lowest BCUT2D eigenvalue weighted by molar-refractivity contribution is -0.125. The van der Waals surface area contributed by atoms with E-state index in [9.17, 15) is 9.59 Å². The molecule has 1 aromatic rings. The Kier molecular flexibility index (Phi) is 6.60. The molecule has 1 rings (SSSR count). The lowest BCUT2D eigenvalue weighted by Gasteiger charge is -2.10. The molecule has 0 aromatic heterocycles. The molecule has 5 heteroatoms. The molecular weight excluding hydrogens is 242 g/mol. The van der Waals surface area contributed by atoms with E-state index in [4.69, 9.17) is 0 Å². The number of amides is 2. The van der Waals surface area contributed by atoms with Crippen molar-refractivity contribution in [1.82, 2.24) is 15.5 Å². The Balaban J connectivity index is 2.18. The number of rotatable bonds is 7. The minimum Gasteiger partial charge on any atom is -0.353 e. The van der Waals surface area contributed by atoms with Gasteiger partial charge < -0.3 is 15.5 Å². The second-order valence-corrected chi connectivity index (χ2v) is 4.59. The van der Waals surface area contributed by atoms with Crippen LogP contribution in [0.15, 0.2) is 30.3 Å². The topological polar surface area (TPSA) is 61.4 Å². The van der Waals surface area contributed by atoms with Crippen LogP contribution in [0.2, 0.25) is 0 Å². The Morgan fingerprint density at radius 1 is 1.05 bits per heavy atom. The number of carbonyl (C=O) groups is 2. The van der Waals surface area contributed by atoms with Gasteiger partial charge in [-0.2, -0.15) is 0 Å². The average Bonchev–Trinajstić information content (AvgIpc) is 2.37. The second-order valence-electron chi connectivity index (χ2n) is 4.59. The summed E-state index contributed by atoms with van der Waals surface area (Å²) in [6.07, 6.45) is 0.297. The molecule has 0 spiro atoms. The quantitative estimate of drug-likeness (QED) is 0.729. The first-order chi connectivity index (χ1) is 9.08. The van der Waals surface area contributed by atoms with Gasteiger partial charge in [-0.1, -0.05) is 30.3 Å². The third-order valence-corrected chi connectivity index (χ3v) is 2.53. The highest BCUT2D eigenvalue weighted by molar-refractivity contribution is 5.85. The van der Waals surface area contributed by atoms with Crippen molar-refractivity contribution in [1.29, 1.82) is 0 Å². The summed E-state index contributed by atoms with van der Waals surface area (Å²) in [7, 11) is 3.88. The number of likely N-dealkylation sites (N-methyl/N-ethyl adjacent to an activating group) is 1. The van der Waals surface area contributed by atoms with Crippen molar-refractivity contribution in [2.24, 2.45) is 0 Å². The van der Waals surface area contributed by atoms with Crippen molar-refractivity contribution in [3.63, 3.8) is 0 Å². The van der Waals surface area contributed by atoms with Crippen LogP contribution in [0.4, 0.5) is 0 Å². The molecule has 0 fully saturated rings. The Hall–Kier alpha value is -1.88. The fourth-order valence-corrected chi connectivity index (χ4v) is 1.50. The van der Waals surface area contributed by atoms with Gasteiger partial charge in [-0.05, 0) is 19.7 Å². The zero-order valence-corrected chi connectivity index (χ0v) is 11.5. The summed E-state index contributed by atoms with van der Waals surface area (Å²) >= 11 is 0. The van der Waals surface area contributed by atoms with Crippen LogP contribution in [0.3, 0.4) is 0 Å². The zero-order valence-electron chi connectivity index (χ0n) is 11.5.